The highest BCUT2D eigenvalue weighted by Gasteiger charge is 2.09. The van der Waals surface area contributed by atoms with E-state index in [0.29, 0.717) is 17.4 Å². The van der Waals surface area contributed by atoms with Gasteiger partial charge in [0.25, 0.3) is 0 Å². The van der Waals surface area contributed by atoms with Crippen molar-refractivity contribution in [2.75, 3.05) is 10.6 Å². The molecule has 8 heteroatoms. The highest BCUT2D eigenvalue weighted by atomic mass is 16.2. The summed E-state index contributed by atoms with van der Waals surface area (Å²) in [5.41, 5.74) is 2.25. The van der Waals surface area contributed by atoms with Gasteiger partial charge in [-0.1, -0.05) is 26.0 Å². The molecule has 0 saturated carbocycles. The zero-order chi connectivity index (χ0) is 20.9. The van der Waals surface area contributed by atoms with Crippen LogP contribution >= 0.6 is 0 Å². The fourth-order valence-electron chi connectivity index (χ4n) is 3.05. The number of aromatic nitrogens is 5. The number of rotatable bonds is 6. The Kier molecular flexibility index (Phi) is 5.65. The summed E-state index contributed by atoms with van der Waals surface area (Å²) < 4.78 is 0. The molecule has 4 aromatic rings. The van der Waals surface area contributed by atoms with Crippen LogP contribution in [0, 0.1) is 5.92 Å². The zero-order valence-electron chi connectivity index (χ0n) is 16.9. The third-order valence-corrected chi connectivity index (χ3v) is 4.69. The first-order chi connectivity index (χ1) is 14.6. The van der Waals surface area contributed by atoms with E-state index in [4.69, 9.17) is 0 Å². The maximum Gasteiger partial charge on any atom is 0.323 e. The number of anilines is 2. The molecule has 0 saturated heterocycles. The molecule has 0 spiro atoms. The van der Waals surface area contributed by atoms with Crippen LogP contribution in [0.4, 0.5) is 16.2 Å². The van der Waals surface area contributed by atoms with Crippen molar-refractivity contribution in [2.24, 2.45) is 5.92 Å². The van der Waals surface area contributed by atoms with E-state index in [1.165, 1.54) is 0 Å². The van der Waals surface area contributed by atoms with Crippen LogP contribution in [0.1, 0.15) is 20.3 Å². The summed E-state index contributed by atoms with van der Waals surface area (Å²) in [6.07, 6.45) is 4.47. The number of carbonyl (C=O) groups excluding carboxylic acids is 1. The molecule has 0 aliphatic heterocycles. The van der Waals surface area contributed by atoms with Crippen molar-refractivity contribution in [1.29, 1.82) is 0 Å². The molecular formula is C22H23N7O. The lowest BCUT2D eigenvalue weighted by Gasteiger charge is -2.10. The molecule has 2 aromatic heterocycles. The second-order valence-electron chi connectivity index (χ2n) is 7.45. The van der Waals surface area contributed by atoms with Gasteiger partial charge in [-0.2, -0.15) is 4.80 Å². The summed E-state index contributed by atoms with van der Waals surface area (Å²) in [6.45, 7) is 5.07. The van der Waals surface area contributed by atoms with Crippen LogP contribution in [-0.2, 0) is 6.54 Å². The van der Waals surface area contributed by atoms with Gasteiger partial charge < -0.3 is 10.6 Å². The van der Waals surface area contributed by atoms with Gasteiger partial charge >= 0.3 is 6.03 Å². The Morgan fingerprint density at radius 1 is 1.07 bits per heavy atom. The van der Waals surface area contributed by atoms with Crippen LogP contribution in [0.3, 0.4) is 0 Å². The number of urea groups is 1. The van der Waals surface area contributed by atoms with Gasteiger partial charge in [-0.25, -0.2) is 4.79 Å². The van der Waals surface area contributed by atoms with E-state index in [2.05, 4.69) is 44.9 Å². The Balaban J connectivity index is 1.40. The van der Waals surface area contributed by atoms with Gasteiger partial charge in [0.1, 0.15) is 0 Å². The number of pyridine rings is 1. The zero-order valence-corrected chi connectivity index (χ0v) is 16.9. The topological polar surface area (TPSA) is 97.6 Å². The molecule has 2 N–H and O–H groups in total. The van der Waals surface area contributed by atoms with E-state index in [-0.39, 0.29) is 6.03 Å². The predicted molar refractivity (Wildman–Crippen MR) is 117 cm³/mol. The van der Waals surface area contributed by atoms with Gasteiger partial charge in [0.05, 0.1) is 12.2 Å². The first kappa shape index (κ1) is 19.5. The van der Waals surface area contributed by atoms with Gasteiger partial charge in [0.15, 0.2) is 0 Å². The molecule has 2 aromatic carbocycles. The third-order valence-electron chi connectivity index (χ3n) is 4.69. The second kappa shape index (κ2) is 8.69. The predicted octanol–water partition coefficient (Wildman–Crippen LogP) is 4.58. The normalized spacial score (nSPS) is 11.0. The number of benzene rings is 2. The fourth-order valence-corrected chi connectivity index (χ4v) is 3.05. The Bertz CT molecular complexity index is 1150. The molecule has 0 aliphatic carbocycles. The number of amides is 2. The monoisotopic (exact) mass is 401 g/mol. The van der Waals surface area contributed by atoms with E-state index in [9.17, 15) is 4.79 Å². The van der Waals surface area contributed by atoms with E-state index in [1.807, 2.05) is 48.5 Å². The van der Waals surface area contributed by atoms with Crippen LogP contribution < -0.4 is 10.6 Å². The molecule has 2 amide bonds. The molecule has 0 aliphatic rings. The van der Waals surface area contributed by atoms with Gasteiger partial charge in [0.2, 0.25) is 5.82 Å². The van der Waals surface area contributed by atoms with E-state index in [1.54, 1.807) is 17.2 Å². The van der Waals surface area contributed by atoms with Crippen molar-refractivity contribution in [1.82, 2.24) is 25.2 Å². The lowest BCUT2D eigenvalue weighted by molar-refractivity contribution is 0.262. The molecule has 0 bridgehead atoms. The van der Waals surface area contributed by atoms with Crippen molar-refractivity contribution in [2.45, 2.75) is 26.8 Å². The number of carbonyl (C=O) groups is 1. The Morgan fingerprint density at radius 3 is 2.70 bits per heavy atom. The largest absolute Gasteiger partial charge is 0.323 e. The minimum atomic E-state index is -0.315. The third kappa shape index (κ3) is 4.60. The van der Waals surface area contributed by atoms with Crippen LogP contribution in [0.5, 0.6) is 0 Å². The molecule has 0 radical (unpaired) electrons. The van der Waals surface area contributed by atoms with E-state index in [0.717, 1.165) is 35.0 Å². The summed E-state index contributed by atoms with van der Waals surface area (Å²) >= 11 is 0. The van der Waals surface area contributed by atoms with Crippen molar-refractivity contribution in [3.8, 4) is 11.4 Å². The number of nitrogens with one attached hydrogen (secondary N) is 2. The van der Waals surface area contributed by atoms with Crippen molar-refractivity contribution < 1.29 is 4.79 Å². The average Bonchev–Trinajstić information content (AvgIpc) is 3.22. The fraction of sp³-hybridized carbons (Fsp3) is 0.227. The number of fused-ring (bicyclic) bond motifs is 1. The van der Waals surface area contributed by atoms with Crippen LogP contribution in [0.2, 0.25) is 0 Å². The molecule has 0 fully saturated rings. The van der Waals surface area contributed by atoms with E-state index >= 15 is 0 Å². The standard InChI is InChI=1S/C22H23N7O/c1-15(2)11-13-29-27-21(26-28-29)16-6-8-18(9-7-16)24-22(30)25-20-5-3-4-17-14-23-12-10-19(17)20/h3-10,12,14-15H,11,13H2,1-2H3,(H2,24,25,30). The van der Waals surface area contributed by atoms with Crippen LogP contribution in [0.15, 0.2) is 60.9 Å². The van der Waals surface area contributed by atoms with Crippen LogP contribution in [0.25, 0.3) is 22.2 Å². The highest BCUT2D eigenvalue weighted by molar-refractivity contribution is 6.06. The second-order valence-corrected chi connectivity index (χ2v) is 7.45. The molecule has 0 atom stereocenters. The van der Waals surface area contributed by atoms with Crippen molar-refractivity contribution in [3.05, 3.63) is 60.9 Å². The van der Waals surface area contributed by atoms with Gasteiger partial charge in [0, 0.05) is 34.4 Å². The molecule has 8 nitrogen and oxygen atoms in total. The quantitative estimate of drug-likeness (QED) is 0.493. The highest BCUT2D eigenvalue weighted by Crippen LogP contribution is 2.23. The summed E-state index contributed by atoms with van der Waals surface area (Å²) in [5.74, 6) is 1.15. The molecule has 152 valence electrons. The van der Waals surface area contributed by atoms with Crippen molar-refractivity contribution in [3.63, 3.8) is 0 Å². The average molecular weight is 401 g/mol. The minimum absolute atomic E-state index is 0.315. The smallest absolute Gasteiger partial charge is 0.308 e. The Morgan fingerprint density at radius 2 is 1.90 bits per heavy atom. The number of nitrogens with zero attached hydrogens (tertiary/aromatic N) is 5. The summed E-state index contributed by atoms with van der Waals surface area (Å²) in [5, 5.41) is 20.3. The summed E-state index contributed by atoms with van der Waals surface area (Å²) in [7, 11) is 0. The molecule has 2 heterocycles. The number of aryl methyl sites for hydroxylation is 1. The maximum absolute atomic E-state index is 12.4. The summed E-state index contributed by atoms with van der Waals surface area (Å²) in [6, 6.07) is 14.6. The molecule has 30 heavy (non-hydrogen) atoms. The lowest BCUT2D eigenvalue weighted by atomic mass is 10.1. The van der Waals surface area contributed by atoms with Crippen LogP contribution in [-0.4, -0.2) is 31.2 Å². The summed E-state index contributed by atoms with van der Waals surface area (Å²) in [4.78, 5) is 18.2. The van der Waals surface area contributed by atoms with E-state index < -0.39 is 0 Å². The Labute approximate surface area is 174 Å². The molecular weight excluding hydrogens is 378 g/mol. The Hall–Kier alpha value is -3.81. The molecule has 4 rings (SSSR count). The van der Waals surface area contributed by atoms with Gasteiger partial charge in [-0.15, -0.1) is 10.2 Å². The lowest BCUT2D eigenvalue weighted by Crippen LogP contribution is -2.19. The van der Waals surface area contributed by atoms with Crippen molar-refractivity contribution >= 4 is 28.2 Å². The molecule has 0 unspecified atom stereocenters. The number of tetrazole rings is 1. The minimum Gasteiger partial charge on any atom is -0.308 e. The van der Waals surface area contributed by atoms with Gasteiger partial charge in [-0.3, -0.25) is 4.98 Å². The first-order valence-corrected chi connectivity index (χ1v) is 9.87. The number of hydrogen-bond donors (Lipinski definition) is 2. The van der Waals surface area contributed by atoms with Gasteiger partial charge in [-0.05, 0) is 54.0 Å². The first-order valence-electron chi connectivity index (χ1n) is 9.87. The maximum atomic E-state index is 12.4. The SMILES string of the molecule is CC(C)CCn1nnc(-c2ccc(NC(=O)Nc3cccc4cnccc34)cc2)n1. The number of hydrogen-bond acceptors (Lipinski definition) is 5.